The molecule has 30 heavy (non-hydrogen) atoms. The van der Waals surface area contributed by atoms with Gasteiger partial charge in [-0.2, -0.15) is 0 Å². The van der Waals surface area contributed by atoms with Crippen molar-refractivity contribution in [3.05, 3.63) is 83.4 Å². The van der Waals surface area contributed by atoms with Crippen LogP contribution in [0.2, 0.25) is 0 Å². The summed E-state index contributed by atoms with van der Waals surface area (Å²) in [6, 6.07) is 19.2. The van der Waals surface area contributed by atoms with Gasteiger partial charge in [-0.3, -0.25) is 9.59 Å². The van der Waals surface area contributed by atoms with Crippen LogP contribution in [0.3, 0.4) is 0 Å². The van der Waals surface area contributed by atoms with Crippen molar-refractivity contribution in [2.24, 2.45) is 0 Å². The molecule has 6 heteroatoms. The Hall–Kier alpha value is -3.80. The third kappa shape index (κ3) is 5.38. The minimum atomic E-state index is -0.290. The molecule has 6 nitrogen and oxygen atoms in total. The average Bonchev–Trinajstić information content (AvgIpc) is 2.71. The number of aromatic hydroxyl groups is 1. The Morgan fingerprint density at radius 2 is 1.67 bits per heavy atom. The zero-order chi connectivity index (χ0) is 21.7. The van der Waals surface area contributed by atoms with Gasteiger partial charge in [-0.25, -0.2) is 0 Å². The lowest BCUT2D eigenvalue weighted by Gasteiger charge is -2.14. The number of aryl methyl sites for hydroxylation is 1. The van der Waals surface area contributed by atoms with Crippen molar-refractivity contribution in [2.75, 3.05) is 29.6 Å². The van der Waals surface area contributed by atoms with Crippen molar-refractivity contribution < 1.29 is 14.7 Å². The Labute approximate surface area is 176 Å². The Morgan fingerprint density at radius 1 is 0.933 bits per heavy atom. The van der Waals surface area contributed by atoms with Gasteiger partial charge in [0.2, 0.25) is 5.91 Å². The van der Waals surface area contributed by atoms with E-state index >= 15 is 0 Å². The summed E-state index contributed by atoms with van der Waals surface area (Å²) in [4.78, 5) is 26.9. The summed E-state index contributed by atoms with van der Waals surface area (Å²) >= 11 is 0. The predicted octanol–water partition coefficient (Wildman–Crippen LogP) is 4.20. The SMILES string of the molecule is Cc1ccc(NC(=O)Cc2cccc(N(C)C)c2)cc1NC(=O)c1ccc(O)cc1. The third-order valence-corrected chi connectivity index (χ3v) is 4.69. The maximum absolute atomic E-state index is 12.5. The normalized spacial score (nSPS) is 10.4. The lowest BCUT2D eigenvalue weighted by molar-refractivity contribution is -0.115. The van der Waals surface area contributed by atoms with E-state index in [1.807, 2.05) is 56.3 Å². The molecule has 154 valence electrons. The first-order valence-corrected chi connectivity index (χ1v) is 9.59. The van der Waals surface area contributed by atoms with E-state index in [1.54, 1.807) is 24.3 Å². The summed E-state index contributed by atoms with van der Waals surface area (Å²) in [5.41, 5.74) is 4.48. The number of carbonyl (C=O) groups excluding carboxylic acids is 2. The number of phenolic OH excluding ortho intramolecular Hbond substituents is 1. The summed E-state index contributed by atoms with van der Waals surface area (Å²) in [6.07, 6.45) is 0.255. The van der Waals surface area contributed by atoms with Gasteiger partial charge in [-0.05, 0) is 66.6 Å². The molecule has 0 aliphatic carbocycles. The van der Waals surface area contributed by atoms with E-state index < -0.39 is 0 Å². The zero-order valence-electron chi connectivity index (χ0n) is 17.3. The Bertz CT molecular complexity index is 1060. The van der Waals surface area contributed by atoms with Crippen LogP contribution in [0.4, 0.5) is 17.1 Å². The second kappa shape index (κ2) is 9.13. The van der Waals surface area contributed by atoms with E-state index in [4.69, 9.17) is 0 Å². The molecule has 3 aromatic rings. The minimum Gasteiger partial charge on any atom is -0.508 e. The van der Waals surface area contributed by atoms with Crippen molar-refractivity contribution in [2.45, 2.75) is 13.3 Å². The molecule has 0 aliphatic rings. The van der Waals surface area contributed by atoms with Crippen LogP contribution >= 0.6 is 0 Å². The van der Waals surface area contributed by atoms with Gasteiger partial charge in [0.05, 0.1) is 6.42 Å². The van der Waals surface area contributed by atoms with Crippen LogP contribution in [0.1, 0.15) is 21.5 Å². The van der Waals surface area contributed by atoms with Gasteiger partial charge in [-0.1, -0.05) is 18.2 Å². The molecule has 0 radical (unpaired) electrons. The van der Waals surface area contributed by atoms with E-state index in [0.29, 0.717) is 16.9 Å². The summed E-state index contributed by atoms with van der Waals surface area (Å²) in [6.45, 7) is 1.88. The molecule has 0 spiro atoms. The van der Waals surface area contributed by atoms with Crippen LogP contribution in [0.5, 0.6) is 5.75 Å². The van der Waals surface area contributed by atoms with Crippen molar-refractivity contribution >= 4 is 28.9 Å². The number of hydrogen-bond acceptors (Lipinski definition) is 4. The molecule has 0 heterocycles. The van der Waals surface area contributed by atoms with Crippen LogP contribution in [0.15, 0.2) is 66.7 Å². The van der Waals surface area contributed by atoms with Crippen molar-refractivity contribution in [3.63, 3.8) is 0 Å². The number of nitrogens with zero attached hydrogens (tertiary/aromatic N) is 1. The van der Waals surface area contributed by atoms with Crippen LogP contribution in [-0.4, -0.2) is 31.0 Å². The van der Waals surface area contributed by atoms with E-state index in [-0.39, 0.29) is 24.0 Å². The van der Waals surface area contributed by atoms with E-state index in [0.717, 1.165) is 16.8 Å². The van der Waals surface area contributed by atoms with Gasteiger partial charge >= 0.3 is 0 Å². The fourth-order valence-electron chi connectivity index (χ4n) is 2.98. The van der Waals surface area contributed by atoms with Gasteiger partial charge < -0.3 is 20.6 Å². The molecular formula is C24H25N3O3. The number of anilines is 3. The monoisotopic (exact) mass is 403 g/mol. The Balaban J connectivity index is 1.68. The molecule has 0 bridgehead atoms. The predicted molar refractivity (Wildman–Crippen MR) is 120 cm³/mol. The number of benzene rings is 3. The smallest absolute Gasteiger partial charge is 0.255 e. The van der Waals surface area contributed by atoms with Crippen LogP contribution < -0.4 is 15.5 Å². The molecule has 0 unspecified atom stereocenters. The van der Waals surface area contributed by atoms with E-state index in [2.05, 4.69) is 10.6 Å². The quantitative estimate of drug-likeness (QED) is 0.576. The molecule has 0 aromatic heterocycles. The summed E-state index contributed by atoms with van der Waals surface area (Å²) in [5, 5.41) is 15.1. The highest BCUT2D eigenvalue weighted by atomic mass is 16.3. The summed E-state index contributed by atoms with van der Waals surface area (Å²) < 4.78 is 0. The second-order valence-corrected chi connectivity index (χ2v) is 7.32. The van der Waals surface area contributed by atoms with E-state index in [1.165, 1.54) is 12.1 Å². The summed E-state index contributed by atoms with van der Waals surface area (Å²) in [7, 11) is 3.92. The standard InChI is InChI=1S/C24H25N3O3/c1-16-7-10-19(15-22(16)26-24(30)18-8-11-21(28)12-9-18)25-23(29)14-17-5-4-6-20(13-17)27(2)3/h4-13,15,28H,14H2,1-3H3,(H,25,29)(H,26,30). The molecule has 0 aliphatic heterocycles. The fourth-order valence-corrected chi connectivity index (χ4v) is 2.98. The van der Waals surface area contributed by atoms with Crippen molar-refractivity contribution in [3.8, 4) is 5.75 Å². The number of hydrogen-bond donors (Lipinski definition) is 3. The molecule has 2 amide bonds. The maximum Gasteiger partial charge on any atom is 0.255 e. The van der Waals surface area contributed by atoms with Crippen molar-refractivity contribution in [1.29, 1.82) is 0 Å². The highest BCUT2D eigenvalue weighted by molar-refractivity contribution is 6.05. The average molecular weight is 403 g/mol. The topological polar surface area (TPSA) is 81.7 Å². The van der Waals surface area contributed by atoms with E-state index in [9.17, 15) is 14.7 Å². The first kappa shape index (κ1) is 20.9. The zero-order valence-corrected chi connectivity index (χ0v) is 17.3. The van der Waals surface area contributed by atoms with Gasteiger partial charge in [0, 0.05) is 36.7 Å². The largest absolute Gasteiger partial charge is 0.508 e. The Kier molecular flexibility index (Phi) is 6.37. The number of rotatable bonds is 6. The Morgan fingerprint density at radius 3 is 2.37 bits per heavy atom. The maximum atomic E-state index is 12.5. The molecule has 0 atom stereocenters. The number of amides is 2. The number of phenols is 1. The number of nitrogens with one attached hydrogen (secondary N) is 2. The molecular weight excluding hydrogens is 378 g/mol. The second-order valence-electron chi connectivity index (χ2n) is 7.32. The van der Waals surface area contributed by atoms with Gasteiger partial charge in [0.15, 0.2) is 0 Å². The minimum absolute atomic E-state index is 0.101. The first-order chi connectivity index (χ1) is 14.3. The highest BCUT2D eigenvalue weighted by Gasteiger charge is 2.10. The van der Waals surface area contributed by atoms with Crippen LogP contribution in [-0.2, 0) is 11.2 Å². The molecule has 0 saturated carbocycles. The molecule has 0 saturated heterocycles. The summed E-state index contributed by atoms with van der Waals surface area (Å²) in [5.74, 6) is -0.323. The highest BCUT2D eigenvalue weighted by Crippen LogP contribution is 2.22. The lowest BCUT2D eigenvalue weighted by atomic mass is 10.1. The molecule has 3 aromatic carbocycles. The van der Waals surface area contributed by atoms with Crippen LogP contribution in [0.25, 0.3) is 0 Å². The van der Waals surface area contributed by atoms with Crippen molar-refractivity contribution in [1.82, 2.24) is 0 Å². The molecule has 0 fully saturated rings. The fraction of sp³-hybridized carbons (Fsp3) is 0.167. The lowest BCUT2D eigenvalue weighted by Crippen LogP contribution is -2.16. The van der Waals surface area contributed by atoms with Gasteiger partial charge in [0.25, 0.3) is 5.91 Å². The van der Waals surface area contributed by atoms with Gasteiger partial charge in [-0.15, -0.1) is 0 Å². The first-order valence-electron chi connectivity index (χ1n) is 9.59. The molecule has 3 N–H and O–H groups in total. The third-order valence-electron chi connectivity index (χ3n) is 4.69. The number of carbonyl (C=O) groups is 2. The van der Waals surface area contributed by atoms with Crippen LogP contribution in [0, 0.1) is 6.92 Å². The molecule has 3 rings (SSSR count). The van der Waals surface area contributed by atoms with Gasteiger partial charge in [0.1, 0.15) is 5.75 Å².